The molecule has 3 rings (SSSR count). The molecular weight excluding hydrogens is 375 g/mol. The third kappa shape index (κ3) is 3.79. The fraction of sp³-hybridized carbons (Fsp3) is 0.467. The largest absolute Gasteiger partial charge is 1.00 e. The van der Waals surface area contributed by atoms with E-state index in [0.717, 1.165) is 4.88 Å². The predicted octanol–water partition coefficient (Wildman–Crippen LogP) is -4.28. The van der Waals surface area contributed by atoms with E-state index >= 15 is 0 Å². The van der Waals surface area contributed by atoms with E-state index in [4.69, 9.17) is 9.57 Å². The number of ether oxygens (including phenoxy) is 1. The molecule has 1 unspecified atom stereocenters. The summed E-state index contributed by atoms with van der Waals surface area (Å²) in [4.78, 5) is 53.7. The van der Waals surface area contributed by atoms with Gasteiger partial charge in [-0.3, -0.25) is 19.2 Å². The van der Waals surface area contributed by atoms with Crippen molar-refractivity contribution in [1.29, 1.82) is 0 Å². The van der Waals surface area contributed by atoms with E-state index in [-0.39, 0.29) is 48.8 Å². The van der Waals surface area contributed by atoms with Crippen LogP contribution in [0.1, 0.15) is 24.6 Å². The molecule has 3 atom stereocenters. The standard InChI is InChI=1S/C15H16N2O7S.Na/c1-8-12(16-10(18)7-9-3-2-6-25-9)13(20)17(24-8)15(14(21)22)5-4-11(19)23-15;/h2-3,6,8,12H,4-5,7H2,1H3,(H,16,18)(H,21,22);/q;+1/p-1/t8-,12-,15?;/m0./s1. The van der Waals surface area contributed by atoms with Gasteiger partial charge in [0.2, 0.25) is 5.91 Å². The van der Waals surface area contributed by atoms with Gasteiger partial charge in [-0.2, -0.15) is 5.06 Å². The van der Waals surface area contributed by atoms with Gasteiger partial charge in [0.25, 0.3) is 11.6 Å². The number of hydrogen-bond donors (Lipinski definition) is 1. The summed E-state index contributed by atoms with van der Waals surface area (Å²) in [6.07, 6.45) is -1.18. The number of nitrogens with one attached hydrogen (secondary N) is 1. The van der Waals surface area contributed by atoms with Crippen LogP contribution in [0.25, 0.3) is 0 Å². The van der Waals surface area contributed by atoms with Gasteiger partial charge in [-0.05, 0) is 18.4 Å². The van der Waals surface area contributed by atoms with E-state index in [0.29, 0.717) is 5.06 Å². The summed E-state index contributed by atoms with van der Waals surface area (Å²) < 4.78 is 4.82. The first-order valence-corrected chi connectivity index (χ1v) is 8.47. The summed E-state index contributed by atoms with van der Waals surface area (Å²) in [6, 6.07) is 2.51. The van der Waals surface area contributed by atoms with Crippen LogP contribution in [0.2, 0.25) is 0 Å². The Balaban J connectivity index is 0.00000243. The molecule has 2 fully saturated rings. The fourth-order valence-corrected chi connectivity index (χ4v) is 3.48. The Labute approximate surface area is 174 Å². The molecule has 0 aromatic carbocycles. The topological polar surface area (TPSA) is 125 Å². The quantitative estimate of drug-likeness (QED) is 0.399. The number of thiophene rings is 1. The summed E-state index contributed by atoms with van der Waals surface area (Å²) in [6.45, 7) is 1.51. The molecule has 134 valence electrons. The van der Waals surface area contributed by atoms with Crippen LogP contribution in [0, 0.1) is 0 Å². The smallest absolute Gasteiger partial charge is 0.544 e. The van der Waals surface area contributed by atoms with Crippen molar-refractivity contribution >= 4 is 35.1 Å². The van der Waals surface area contributed by atoms with Gasteiger partial charge >= 0.3 is 35.5 Å². The molecular formula is C15H15N2NaO7S. The molecule has 0 aliphatic carbocycles. The molecule has 2 amide bonds. The zero-order valence-electron chi connectivity index (χ0n) is 14.2. The minimum absolute atomic E-state index is 0. The molecule has 0 radical (unpaired) electrons. The van der Waals surface area contributed by atoms with Crippen LogP contribution in [-0.4, -0.2) is 46.7 Å². The number of rotatable bonds is 5. The van der Waals surface area contributed by atoms with E-state index < -0.39 is 41.6 Å². The van der Waals surface area contributed by atoms with Gasteiger partial charge in [-0.1, -0.05) is 6.07 Å². The van der Waals surface area contributed by atoms with Gasteiger partial charge in [0.05, 0.1) is 12.8 Å². The molecule has 0 saturated carbocycles. The van der Waals surface area contributed by atoms with E-state index in [1.165, 1.54) is 18.3 Å². The molecule has 9 nitrogen and oxygen atoms in total. The number of nitrogens with zero attached hydrogens (tertiary/aromatic N) is 1. The Hall–Kier alpha value is -1.46. The predicted molar refractivity (Wildman–Crippen MR) is 80.4 cm³/mol. The summed E-state index contributed by atoms with van der Waals surface area (Å²) in [5.41, 5.74) is -2.30. The second-order valence-corrected chi connectivity index (χ2v) is 6.82. The van der Waals surface area contributed by atoms with E-state index in [1.54, 1.807) is 12.1 Å². The van der Waals surface area contributed by atoms with Crippen molar-refractivity contribution in [2.75, 3.05) is 0 Å². The van der Waals surface area contributed by atoms with Crippen LogP contribution < -0.4 is 40.0 Å². The number of carbonyl (C=O) groups excluding carboxylic acids is 4. The molecule has 26 heavy (non-hydrogen) atoms. The number of cyclic esters (lactones) is 1. The van der Waals surface area contributed by atoms with Crippen LogP contribution in [0.5, 0.6) is 0 Å². The SMILES string of the molecule is C[C@@H]1ON(C2(C(=O)[O-])CCC(=O)O2)C(=O)[C@H]1NC(=O)Cc1cccs1.[Na+]. The number of hydrogen-bond acceptors (Lipinski definition) is 8. The number of carbonyl (C=O) groups is 4. The summed E-state index contributed by atoms with van der Waals surface area (Å²) >= 11 is 1.40. The number of amides is 2. The molecule has 1 aromatic heterocycles. The second kappa shape index (κ2) is 8.05. The Morgan fingerprint density at radius 2 is 2.19 bits per heavy atom. The molecule has 11 heteroatoms. The average Bonchev–Trinajstić information content (AvgIpc) is 3.24. The van der Waals surface area contributed by atoms with Crippen molar-refractivity contribution in [3.8, 4) is 0 Å². The van der Waals surface area contributed by atoms with E-state index in [1.807, 2.05) is 5.38 Å². The molecule has 0 bridgehead atoms. The first-order chi connectivity index (χ1) is 11.8. The monoisotopic (exact) mass is 390 g/mol. The van der Waals surface area contributed by atoms with Crippen LogP contribution in [0.4, 0.5) is 0 Å². The number of aliphatic carboxylic acids is 1. The van der Waals surface area contributed by atoms with Crippen molar-refractivity contribution in [3.05, 3.63) is 22.4 Å². The van der Waals surface area contributed by atoms with Crippen molar-refractivity contribution < 1.29 is 63.4 Å². The summed E-state index contributed by atoms with van der Waals surface area (Å²) in [5, 5.41) is 16.4. The van der Waals surface area contributed by atoms with Crippen LogP contribution in [0.15, 0.2) is 17.5 Å². The maximum Gasteiger partial charge on any atom is 1.00 e. The first kappa shape index (κ1) is 20.8. The van der Waals surface area contributed by atoms with Crippen LogP contribution >= 0.6 is 11.3 Å². The minimum Gasteiger partial charge on any atom is -0.544 e. The third-order valence-electron chi connectivity index (χ3n) is 4.04. The number of carboxylic acids is 1. The first-order valence-electron chi connectivity index (χ1n) is 7.59. The van der Waals surface area contributed by atoms with Gasteiger partial charge in [0.15, 0.2) is 0 Å². The molecule has 2 saturated heterocycles. The van der Waals surface area contributed by atoms with Gasteiger partial charge < -0.3 is 20.0 Å². The number of esters is 1. The zero-order valence-corrected chi connectivity index (χ0v) is 17.0. The zero-order chi connectivity index (χ0) is 18.2. The molecule has 2 aliphatic heterocycles. The fourth-order valence-electron chi connectivity index (χ4n) is 2.78. The van der Waals surface area contributed by atoms with E-state index in [9.17, 15) is 24.3 Å². The second-order valence-electron chi connectivity index (χ2n) is 5.79. The molecule has 0 spiro atoms. The molecule has 1 N–H and O–H groups in total. The molecule has 1 aromatic rings. The van der Waals surface area contributed by atoms with Crippen molar-refractivity contribution in [1.82, 2.24) is 10.4 Å². The maximum atomic E-state index is 12.6. The number of carboxylic acid groups (broad SMARTS) is 1. The molecule has 3 heterocycles. The third-order valence-corrected chi connectivity index (χ3v) is 4.91. The molecule has 2 aliphatic rings. The van der Waals surface area contributed by atoms with Crippen molar-refractivity contribution in [2.24, 2.45) is 0 Å². The normalized spacial score (nSPS) is 27.8. The summed E-state index contributed by atoms with van der Waals surface area (Å²) in [7, 11) is 0. The van der Waals surface area contributed by atoms with Crippen molar-refractivity contribution in [2.45, 2.75) is 44.1 Å². The summed E-state index contributed by atoms with van der Waals surface area (Å²) in [5.74, 6) is -3.71. The maximum absolute atomic E-state index is 12.6. The Morgan fingerprint density at radius 3 is 2.73 bits per heavy atom. The average molecular weight is 390 g/mol. The Morgan fingerprint density at radius 1 is 1.46 bits per heavy atom. The Kier molecular flexibility index (Phi) is 6.46. The van der Waals surface area contributed by atoms with Gasteiger partial charge in [0.1, 0.15) is 18.1 Å². The van der Waals surface area contributed by atoms with Gasteiger partial charge in [-0.25, -0.2) is 0 Å². The van der Waals surface area contributed by atoms with Gasteiger partial charge in [-0.15, -0.1) is 11.3 Å². The van der Waals surface area contributed by atoms with Crippen molar-refractivity contribution in [3.63, 3.8) is 0 Å². The van der Waals surface area contributed by atoms with Crippen LogP contribution in [0.3, 0.4) is 0 Å². The van der Waals surface area contributed by atoms with Gasteiger partial charge in [0, 0.05) is 11.3 Å². The van der Waals surface area contributed by atoms with Crippen LogP contribution in [-0.2, 0) is 35.2 Å². The Bertz CT molecular complexity index is 726. The minimum atomic E-state index is -2.30. The van der Waals surface area contributed by atoms with E-state index in [2.05, 4.69) is 5.32 Å². The number of hydroxylamine groups is 2.